The highest BCUT2D eigenvalue weighted by atomic mass is 31.2. The SMILES string of the molecule is COP(=O)(CC(=O)CCCCOCc1ccccc1)OC. The van der Waals surface area contributed by atoms with Crippen molar-refractivity contribution < 1.29 is 23.1 Å². The minimum absolute atomic E-state index is 0.106. The lowest BCUT2D eigenvalue weighted by molar-refractivity contribution is -0.117. The van der Waals surface area contributed by atoms with Crippen molar-refractivity contribution in [3.8, 4) is 0 Å². The van der Waals surface area contributed by atoms with Crippen LogP contribution >= 0.6 is 7.60 Å². The molecule has 1 aromatic carbocycles. The van der Waals surface area contributed by atoms with Gasteiger partial charge in [-0.1, -0.05) is 30.3 Å². The molecule has 6 heteroatoms. The number of unbranched alkanes of at least 4 members (excludes halogenated alkanes) is 1. The number of hydrogen-bond acceptors (Lipinski definition) is 5. The molecule has 5 nitrogen and oxygen atoms in total. The quantitative estimate of drug-likeness (QED) is 0.462. The zero-order chi connectivity index (χ0) is 15.6. The molecule has 0 bridgehead atoms. The molecule has 0 N–H and O–H groups in total. The summed E-state index contributed by atoms with van der Waals surface area (Å²) in [6, 6.07) is 9.93. The molecule has 0 saturated carbocycles. The lowest BCUT2D eigenvalue weighted by Crippen LogP contribution is -2.08. The van der Waals surface area contributed by atoms with Gasteiger partial charge in [-0.3, -0.25) is 9.36 Å². The van der Waals surface area contributed by atoms with Gasteiger partial charge < -0.3 is 13.8 Å². The molecule has 21 heavy (non-hydrogen) atoms. The Labute approximate surface area is 126 Å². The second kappa shape index (κ2) is 9.85. The fraction of sp³-hybridized carbons (Fsp3) is 0.533. The summed E-state index contributed by atoms with van der Waals surface area (Å²) in [7, 11) is -0.646. The number of ketones is 1. The molecule has 0 heterocycles. The molecule has 118 valence electrons. The van der Waals surface area contributed by atoms with E-state index >= 15 is 0 Å². The summed E-state index contributed by atoms with van der Waals surface area (Å²) in [6.45, 7) is 1.19. The van der Waals surface area contributed by atoms with Crippen LogP contribution in [-0.4, -0.2) is 32.8 Å². The Bertz CT molecular complexity index is 452. The maximum atomic E-state index is 11.8. The van der Waals surface area contributed by atoms with E-state index in [2.05, 4.69) is 0 Å². The third-order valence-corrected chi connectivity index (χ3v) is 4.88. The lowest BCUT2D eigenvalue weighted by atomic mass is 10.2. The topological polar surface area (TPSA) is 61.8 Å². The molecule has 0 aromatic heterocycles. The lowest BCUT2D eigenvalue weighted by Gasteiger charge is -2.12. The number of rotatable bonds is 11. The molecule has 1 aromatic rings. The van der Waals surface area contributed by atoms with Gasteiger partial charge in [-0.25, -0.2) is 0 Å². The van der Waals surface area contributed by atoms with Crippen molar-refractivity contribution >= 4 is 13.4 Å². The van der Waals surface area contributed by atoms with Crippen LogP contribution in [0.2, 0.25) is 0 Å². The summed E-state index contributed by atoms with van der Waals surface area (Å²) >= 11 is 0. The monoisotopic (exact) mass is 314 g/mol. The van der Waals surface area contributed by atoms with Crippen LogP contribution < -0.4 is 0 Å². The average Bonchev–Trinajstić information content (AvgIpc) is 2.51. The molecule has 0 amide bonds. The highest BCUT2D eigenvalue weighted by Crippen LogP contribution is 2.46. The van der Waals surface area contributed by atoms with E-state index in [0.29, 0.717) is 26.1 Å². The van der Waals surface area contributed by atoms with Crippen LogP contribution in [0, 0.1) is 0 Å². The second-order valence-electron chi connectivity index (χ2n) is 4.67. The maximum Gasteiger partial charge on any atom is 0.337 e. The number of carbonyl (C=O) groups excluding carboxylic acids is 1. The highest BCUT2D eigenvalue weighted by Gasteiger charge is 2.24. The molecule has 0 saturated heterocycles. The average molecular weight is 314 g/mol. The molecular weight excluding hydrogens is 291 g/mol. The predicted octanol–water partition coefficient (Wildman–Crippen LogP) is 3.43. The summed E-state index contributed by atoms with van der Waals surface area (Å²) < 4.78 is 26.8. The number of benzene rings is 1. The zero-order valence-electron chi connectivity index (χ0n) is 12.6. The minimum Gasteiger partial charge on any atom is -0.377 e. The third kappa shape index (κ3) is 7.53. The van der Waals surface area contributed by atoms with Crippen molar-refractivity contribution in [2.75, 3.05) is 27.0 Å². The number of Topliss-reactive ketones (excluding diaryl/α,β-unsaturated/α-hetero) is 1. The fourth-order valence-corrected chi connectivity index (χ4v) is 2.79. The van der Waals surface area contributed by atoms with Crippen LogP contribution in [-0.2, 0) is 29.8 Å². The van der Waals surface area contributed by atoms with Crippen LogP contribution in [0.25, 0.3) is 0 Å². The first-order chi connectivity index (χ1) is 10.1. The highest BCUT2D eigenvalue weighted by molar-refractivity contribution is 7.54. The van der Waals surface area contributed by atoms with Crippen LogP contribution in [0.4, 0.5) is 0 Å². The summed E-state index contributed by atoms with van der Waals surface area (Å²) in [6.07, 6.45) is 1.71. The zero-order valence-corrected chi connectivity index (χ0v) is 13.5. The van der Waals surface area contributed by atoms with Gasteiger partial charge in [0.1, 0.15) is 11.9 Å². The van der Waals surface area contributed by atoms with Crippen LogP contribution in [0.1, 0.15) is 24.8 Å². The first-order valence-corrected chi connectivity index (χ1v) is 8.66. The molecule has 0 aliphatic rings. The molecule has 0 spiro atoms. The van der Waals surface area contributed by atoms with Gasteiger partial charge in [0.05, 0.1) is 6.61 Å². The van der Waals surface area contributed by atoms with E-state index in [1.807, 2.05) is 30.3 Å². The summed E-state index contributed by atoms with van der Waals surface area (Å²) in [4.78, 5) is 11.7. The van der Waals surface area contributed by atoms with E-state index in [0.717, 1.165) is 12.0 Å². The van der Waals surface area contributed by atoms with Gasteiger partial charge in [0.25, 0.3) is 0 Å². The van der Waals surface area contributed by atoms with Gasteiger partial charge in [0, 0.05) is 27.2 Å². The van der Waals surface area contributed by atoms with Crippen LogP contribution in [0.5, 0.6) is 0 Å². The number of carbonyl (C=O) groups is 1. The second-order valence-corrected chi connectivity index (χ2v) is 6.94. The Kier molecular flexibility index (Phi) is 8.47. The summed E-state index contributed by atoms with van der Waals surface area (Å²) in [5.74, 6) is -0.106. The van der Waals surface area contributed by atoms with Crippen molar-refractivity contribution in [1.29, 1.82) is 0 Å². The summed E-state index contributed by atoms with van der Waals surface area (Å²) in [5.41, 5.74) is 1.13. The third-order valence-electron chi connectivity index (χ3n) is 3.03. The Hall–Kier alpha value is -1.00. The Balaban J connectivity index is 2.09. The summed E-state index contributed by atoms with van der Waals surface area (Å²) in [5, 5.41) is 0. The standard InChI is InChI=1S/C15H23O5P/c1-18-21(17,19-2)13-15(16)10-6-7-11-20-12-14-8-4-3-5-9-14/h3-5,8-9H,6-7,10-13H2,1-2H3. The smallest absolute Gasteiger partial charge is 0.337 e. The first kappa shape index (κ1) is 18.1. The van der Waals surface area contributed by atoms with E-state index in [4.69, 9.17) is 13.8 Å². The van der Waals surface area contributed by atoms with Crippen molar-refractivity contribution in [3.63, 3.8) is 0 Å². The Morgan fingerprint density at radius 1 is 1.10 bits per heavy atom. The number of hydrogen-bond donors (Lipinski definition) is 0. The van der Waals surface area contributed by atoms with Crippen molar-refractivity contribution in [2.45, 2.75) is 25.9 Å². The van der Waals surface area contributed by atoms with Gasteiger partial charge in [-0.2, -0.15) is 0 Å². The Morgan fingerprint density at radius 2 is 1.76 bits per heavy atom. The van der Waals surface area contributed by atoms with Crippen LogP contribution in [0.3, 0.4) is 0 Å². The normalized spacial score (nSPS) is 11.5. The molecule has 1 rings (SSSR count). The molecule has 0 fully saturated rings. The fourth-order valence-electron chi connectivity index (χ4n) is 1.79. The van der Waals surface area contributed by atoms with E-state index in [1.54, 1.807) is 0 Å². The minimum atomic E-state index is -3.22. The molecule has 0 unspecified atom stereocenters. The van der Waals surface area contributed by atoms with Gasteiger partial charge >= 0.3 is 7.60 Å². The Morgan fingerprint density at radius 3 is 2.38 bits per heavy atom. The molecule has 0 radical (unpaired) electrons. The van der Waals surface area contributed by atoms with Gasteiger partial charge in [-0.15, -0.1) is 0 Å². The molecule has 0 atom stereocenters. The van der Waals surface area contributed by atoms with Gasteiger partial charge in [0.15, 0.2) is 0 Å². The van der Waals surface area contributed by atoms with Crippen LogP contribution in [0.15, 0.2) is 30.3 Å². The first-order valence-electron chi connectivity index (χ1n) is 6.93. The predicted molar refractivity (Wildman–Crippen MR) is 81.4 cm³/mol. The van der Waals surface area contributed by atoms with Crippen molar-refractivity contribution in [2.24, 2.45) is 0 Å². The van der Waals surface area contributed by atoms with E-state index < -0.39 is 7.60 Å². The van der Waals surface area contributed by atoms with Crippen molar-refractivity contribution in [3.05, 3.63) is 35.9 Å². The largest absolute Gasteiger partial charge is 0.377 e. The van der Waals surface area contributed by atoms with Crippen molar-refractivity contribution in [1.82, 2.24) is 0 Å². The van der Waals surface area contributed by atoms with Gasteiger partial charge in [-0.05, 0) is 18.4 Å². The van der Waals surface area contributed by atoms with Gasteiger partial charge in [0.2, 0.25) is 0 Å². The van der Waals surface area contributed by atoms with E-state index in [9.17, 15) is 9.36 Å². The number of ether oxygens (including phenoxy) is 1. The van der Waals surface area contributed by atoms with E-state index in [1.165, 1.54) is 14.2 Å². The molecule has 0 aliphatic heterocycles. The van der Waals surface area contributed by atoms with E-state index in [-0.39, 0.29) is 11.9 Å². The molecular formula is C15H23O5P. The molecule has 0 aliphatic carbocycles. The maximum absolute atomic E-state index is 11.8.